The van der Waals surface area contributed by atoms with Gasteiger partial charge in [-0.15, -0.1) is 5.10 Å². The third-order valence-electron chi connectivity index (χ3n) is 3.58. The molecule has 1 saturated heterocycles. The van der Waals surface area contributed by atoms with Crippen LogP contribution in [0.4, 0.5) is 5.82 Å². The average Bonchev–Trinajstić information content (AvgIpc) is 2.76. The Balaban J connectivity index is 1.98. The highest BCUT2D eigenvalue weighted by Gasteiger charge is 2.23. The second-order valence-electron chi connectivity index (χ2n) is 6.13. The summed E-state index contributed by atoms with van der Waals surface area (Å²) in [6.45, 7) is 7.41. The van der Waals surface area contributed by atoms with Gasteiger partial charge in [-0.2, -0.15) is 5.10 Å². The number of anilines is 1. The summed E-state index contributed by atoms with van der Waals surface area (Å²) in [6, 6.07) is 4.15. The van der Waals surface area contributed by atoms with E-state index in [-0.39, 0.29) is 5.54 Å². The highest BCUT2D eigenvalue weighted by Crippen LogP contribution is 2.24. The molecule has 0 amide bonds. The van der Waals surface area contributed by atoms with Crippen LogP contribution in [0.5, 0.6) is 0 Å². The molecular weight excluding hydrogens is 238 g/mol. The van der Waals surface area contributed by atoms with Gasteiger partial charge in [0.05, 0.1) is 5.69 Å². The van der Waals surface area contributed by atoms with E-state index in [1.807, 2.05) is 13.1 Å². The van der Waals surface area contributed by atoms with Crippen LogP contribution in [0.2, 0.25) is 0 Å². The van der Waals surface area contributed by atoms with Crippen LogP contribution in [-0.4, -0.2) is 54.4 Å². The number of rotatable bonds is 5. The second-order valence-corrected chi connectivity index (χ2v) is 6.13. The number of nitrogens with zero attached hydrogens (tertiary/aromatic N) is 3. The zero-order chi connectivity index (χ0) is 13.9. The van der Waals surface area contributed by atoms with Crippen molar-refractivity contribution in [3.8, 4) is 0 Å². The molecule has 0 aromatic carbocycles. The van der Waals surface area contributed by atoms with Crippen molar-refractivity contribution in [1.82, 2.24) is 20.4 Å². The van der Waals surface area contributed by atoms with E-state index in [1.165, 1.54) is 6.42 Å². The molecule has 0 radical (unpaired) electrons. The fourth-order valence-corrected chi connectivity index (χ4v) is 2.64. The summed E-state index contributed by atoms with van der Waals surface area (Å²) in [5.74, 6) is 1.38. The predicted molar refractivity (Wildman–Crippen MR) is 78.5 cm³/mol. The number of hydrogen-bond donors (Lipinski definition) is 2. The van der Waals surface area contributed by atoms with Gasteiger partial charge in [0.15, 0.2) is 0 Å². The number of nitrogens with one attached hydrogen (secondary N) is 2. The second kappa shape index (κ2) is 5.84. The van der Waals surface area contributed by atoms with Gasteiger partial charge in [-0.25, -0.2) is 0 Å². The lowest BCUT2D eigenvalue weighted by molar-refractivity contribution is 0.410. The first-order valence-corrected chi connectivity index (χ1v) is 6.95. The van der Waals surface area contributed by atoms with Gasteiger partial charge < -0.3 is 15.5 Å². The highest BCUT2D eigenvalue weighted by molar-refractivity contribution is 5.36. The number of likely N-dealkylation sites (N-methyl/N-ethyl adjacent to an activating group) is 2. The zero-order valence-electron chi connectivity index (χ0n) is 12.4. The van der Waals surface area contributed by atoms with Gasteiger partial charge in [-0.1, -0.05) is 0 Å². The monoisotopic (exact) mass is 263 g/mol. The highest BCUT2D eigenvalue weighted by atomic mass is 15.2. The fourth-order valence-electron chi connectivity index (χ4n) is 2.64. The Hall–Kier alpha value is -1.20. The Morgan fingerprint density at radius 3 is 2.68 bits per heavy atom. The minimum Gasteiger partial charge on any atom is -0.362 e. The Bertz CT molecular complexity index is 401. The molecule has 2 rings (SSSR count). The fraction of sp³-hybridized carbons (Fsp3) is 0.714. The maximum Gasteiger partial charge on any atom is 0.149 e. The molecule has 106 valence electrons. The summed E-state index contributed by atoms with van der Waals surface area (Å²) in [6.07, 6.45) is 1.18. The van der Waals surface area contributed by atoms with Crippen LogP contribution in [-0.2, 0) is 0 Å². The van der Waals surface area contributed by atoms with Crippen molar-refractivity contribution in [3.05, 3.63) is 17.8 Å². The Morgan fingerprint density at radius 1 is 1.37 bits per heavy atom. The van der Waals surface area contributed by atoms with E-state index in [9.17, 15) is 0 Å². The molecule has 19 heavy (non-hydrogen) atoms. The van der Waals surface area contributed by atoms with E-state index in [0.29, 0.717) is 5.92 Å². The summed E-state index contributed by atoms with van der Waals surface area (Å²) in [4.78, 5) is 2.34. The van der Waals surface area contributed by atoms with Crippen LogP contribution < -0.4 is 10.6 Å². The summed E-state index contributed by atoms with van der Waals surface area (Å²) in [5, 5.41) is 15.3. The van der Waals surface area contributed by atoms with Crippen LogP contribution >= 0.6 is 0 Å². The van der Waals surface area contributed by atoms with Crippen molar-refractivity contribution in [1.29, 1.82) is 0 Å². The molecule has 1 aliphatic rings. The Labute approximate surface area is 115 Å². The van der Waals surface area contributed by atoms with E-state index >= 15 is 0 Å². The van der Waals surface area contributed by atoms with Crippen molar-refractivity contribution in [3.63, 3.8) is 0 Å². The quantitative estimate of drug-likeness (QED) is 0.839. The number of hydrogen-bond acceptors (Lipinski definition) is 5. The minimum absolute atomic E-state index is 0.0292. The summed E-state index contributed by atoms with van der Waals surface area (Å²) < 4.78 is 0. The van der Waals surface area contributed by atoms with E-state index in [0.717, 1.165) is 31.1 Å². The first-order chi connectivity index (χ1) is 9.00. The van der Waals surface area contributed by atoms with Crippen LogP contribution in [0.1, 0.15) is 31.9 Å². The van der Waals surface area contributed by atoms with Crippen LogP contribution in [0.3, 0.4) is 0 Å². The predicted octanol–water partition coefficient (Wildman–Crippen LogP) is 1.31. The molecule has 2 N–H and O–H groups in total. The number of likely N-dealkylation sites (tertiary alicyclic amines) is 1. The lowest BCUT2D eigenvalue weighted by atomic mass is 10.0. The molecule has 1 aromatic heterocycles. The molecule has 5 heteroatoms. The summed E-state index contributed by atoms with van der Waals surface area (Å²) in [7, 11) is 4.11. The first kappa shape index (κ1) is 14.2. The van der Waals surface area contributed by atoms with Gasteiger partial charge in [0.25, 0.3) is 0 Å². The topological polar surface area (TPSA) is 53.1 Å². The standard InChI is InChI=1S/C14H25N5/c1-14(2,10-15-3)16-13-6-5-12(17-18-13)11-7-8-19(4)9-11/h5-6,11,15H,7-10H2,1-4H3,(H,16,18). The summed E-state index contributed by atoms with van der Waals surface area (Å²) in [5.41, 5.74) is 1.08. The average molecular weight is 263 g/mol. The largest absolute Gasteiger partial charge is 0.362 e. The van der Waals surface area contributed by atoms with E-state index in [1.54, 1.807) is 0 Å². The lowest BCUT2D eigenvalue weighted by Gasteiger charge is -2.26. The van der Waals surface area contributed by atoms with Crippen molar-refractivity contribution < 1.29 is 0 Å². The van der Waals surface area contributed by atoms with Crippen molar-refractivity contribution in [2.24, 2.45) is 0 Å². The molecule has 0 saturated carbocycles. The number of aromatic nitrogens is 2. The van der Waals surface area contributed by atoms with Gasteiger partial charge in [-0.05, 0) is 53.0 Å². The van der Waals surface area contributed by atoms with Gasteiger partial charge in [0.2, 0.25) is 0 Å². The van der Waals surface area contributed by atoms with Crippen LogP contribution in [0.15, 0.2) is 12.1 Å². The molecule has 0 spiro atoms. The molecule has 0 bridgehead atoms. The van der Waals surface area contributed by atoms with Gasteiger partial charge in [0.1, 0.15) is 5.82 Å². The van der Waals surface area contributed by atoms with Crippen molar-refractivity contribution in [2.45, 2.75) is 31.7 Å². The normalized spacial score (nSPS) is 20.7. The maximum absolute atomic E-state index is 4.38. The lowest BCUT2D eigenvalue weighted by Crippen LogP contribution is -2.41. The van der Waals surface area contributed by atoms with Gasteiger partial charge in [-0.3, -0.25) is 0 Å². The molecular formula is C14H25N5. The Kier molecular flexibility index (Phi) is 4.37. The third kappa shape index (κ3) is 3.88. The molecule has 1 aromatic rings. The molecule has 1 fully saturated rings. The summed E-state index contributed by atoms with van der Waals surface area (Å²) >= 11 is 0. The SMILES string of the molecule is CNCC(C)(C)Nc1ccc(C2CCN(C)C2)nn1. The van der Waals surface area contributed by atoms with Crippen molar-refractivity contribution in [2.75, 3.05) is 39.0 Å². The van der Waals surface area contributed by atoms with E-state index in [4.69, 9.17) is 0 Å². The molecule has 1 unspecified atom stereocenters. The van der Waals surface area contributed by atoms with E-state index in [2.05, 4.69) is 52.7 Å². The molecule has 5 nitrogen and oxygen atoms in total. The minimum atomic E-state index is -0.0292. The molecule has 1 atom stereocenters. The van der Waals surface area contributed by atoms with Gasteiger partial charge in [0, 0.05) is 24.5 Å². The van der Waals surface area contributed by atoms with Gasteiger partial charge >= 0.3 is 0 Å². The first-order valence-electron chi connectivity index (χ1n) is 6.95. The molecule has 0 aliphatic carbocycles. The molecule has 2 heterocycles. The Morgan fingerprint density at radius 2 is 2.16 bits per heavy atom. The smallest absolute Gasteiger partial charge is 0.149 e. The maximum atomic E-state index is 4.38. The van der Waals surface area contributed by atoms with E-state index < -0.39 is 0 Å². The van der Waals surface area contributed by atoms with Crippen molar-refractivity contribution >= 4 is 5.82 Å². The van der Waals surface area contributed by atoms with Crippen LogP contribution in [0, 0.1) is 0 Å². The third-order valence-corrected chi connectivity index (χ3v) is 3.58. The molecule has 1 aliphatic heterocycles. The van der Waals surface area contributed by atoms with Crippen LogP contribution in [0.25, 0.3) is 0 Å². The zero-order valence-corrected chi connectivity index (χ0v) is 12.4.